The first-order chi connectivity index (χ1) is 8.60. The van der Waals surface area contributed by atoms with E-state index < -0.39 is 0 Å². The molecule has 4 heteroatoms. The molecule has 2 N–H and O–H groups in total. The summed E-state index contributed by atoms with van der Waals surface area (Å²) in [6, 6.07) is 6.13. The van der Waals surface area contributed by atoms with Gasteiger partial charge in [-0.3, -0.25) is 0 Å². The number of nitrogens with two attached hydrogens (primary N) is 1. The molecule has 0 atom stereocenters. The number of aryl methyl sites for hydroxylation is 3. The SMILES string of the molecule is Cc1cc(C)nc(Sc2nccc(C)c2CN)c1. The molecular weight excluding hydrogens is 242 g/mol. The second-order valence-corrected chi connectivity index (χ2v) is 5.35. The third kappa shape index (κ3) is 2.89. The summed E-state index contributed by atoms with van der Waals surface area (Å²) in [5.74, 6) is 0. The van der Waals surface area contributed by atoms with Crippen LogP contribution in [-0.2, 0) is 6.54 Å². The minimum atomic E-state index is 0.507. The molecule has 18 heavy (non-hydrogen) atoms. The van der Waals surface area contributed by atoms with Gasteiger partial charge in [0.25, 0.3) is 0 Å². The van der Waals surface area contributed by atoms with Crippen LogP contribution < -0.4 is 5.73 Å². The van der Waals surface area contributed by atoms with E-state index in [-0.39, 0.29) is 0 Å². The van der Waals surface area contributed by atoms with E-state index in [1.165, 1.54) is 11.1 Å². The Bertz CT molecular complexity index is 547. The van der Waals surface area contributed by atoms with Gasteiger partial charge in [0.05, 0.1) is 0 Å². The zero-order valence-electron chi connectivity index (χ0n) is 10.9. The highest BCUT2D eigenvalue weighted by Gasteiger charge is 2.08. The molecule has 94 valence electrons. The van der Waals surface area contributed by atoms with E-state index in [0.29, 0.717) is 6.54 Å². The van der Waals surface area contributed by atoms with E-state index >= 15 is 0 Å². The molecule has 0 aromatic carbocycles. The molecule has 0 saturated heterocycles. The first kappa shape index (κ1) is 13.1. The van der Waals surface area contributed by atoms with Crippen molar-refractivity contribution in [1.29, 1.82) is 0 Å². The maximum Gasteiger partial charge on any atom is 0.107 e. The summed E-state index contributed by atoms with van der Waals surface area (Å²) in [5.41, 5.74) is 10.3. The molecule has 0 bridgehead atoms. The highest BCUT2D eigenvalue weighted by molar-refractivity contribution is 7.99. The fraction of sp³-hybridized carbons (Fsp3) is 0.286. The number of hydrogen-bond donors (Lipinski definition) is 1. The highest BCUT2D eigenvalue weighted by atomic mass is 32.2. The number of rotatable bonds is 3. The van der Waals surface area contributed by atoms with Crippen molar-refractivity contribution < 1.29 is 0 Å². The normalized spacial score (nSPS) is 10.7. The smallest absolute Gasteiger partial charge is 0.107 e. The van der Waals surface area contributed by atoms with Gasteiger partial charge in [0, 0.05) is 24.0 Å². The maximum atomic E-state index is 5.79. The van der Waals surface area contributed by atoms with Crippen molar-refractivity contribution in [3.63, 3.8) is 0 Å². The first-order valence-corrected chi connectivity index (χ1v) is 6.69. The lowest BCUT2D eigenvalue weighted by molar-refractivity contribution is 0.937. The van der Waals surface area contributed by atoms with Gasteiger partial charge < -0.3 is 5.73 Å². The van der Waals surface area contributed by atoms with Gasteiger partial charge in [0.1, 0.15) is 10.1 Å². The van der Waals surface area contributed by atoms with Crippen LogP contribution in [-0.4, -0.2) is 9.97 Å². The number of hydrogen-bond acceptors (Lipinski definition) is 4. The number of aromatic nitrogens is 2. The van der Waals surface area contributed by atoms with Crippen molar-refractivity contribution >= 4 is 11.8 Å². The second kappa shape index (κ2) is 5.50. The average molecular weight is 259 g/mol. The summed E-state index contributed by atoms with van der Waals surface area (Å²) in [6.07, 6.45) is 1.82. The summed E-state index contributed by atoms with van der Waals surface area (Å²) < 4.78 is 0. The van der Waals surface area contributed by atoms with E-state index in [1.54, 1.807) is 11.8 Å². The van der Waals surface area contributed by atoms with Crippen LogP contribution in [0.5, 0.6) is 0 Å². The molecule has 0 radical (unpaired) electrons. The summed E-state index contributed by atoms with van der Waals surface area (Å²) in [4.78, 5) is 8.92. The predicted octanol–water partition coefficient (Wildman–Crippen LogP) is 3.01. The molecule has 0 aliphatic heterocycles. The number of pyridine rings is 2. The Morgan fingerprint density at radius 1 is 1.22 bits per heavy atom. The standard InChI is InChI=1S/C14H17N3S/c1-9-6-11(3)17-13(7-9)18-14-12(8-15)10(2)4-5-16-14/h4-7H,8,15H2,1-3H3. The molecule has 2 aromatic rings. The Balaban J connectivity index is 2.36. The van der Waals surface area contributed by atoms with Gasteiger partial charge in [-0.05, 0) is 61.9 Å². The maximum absolute atomic E-state index is 5.79. The van der Waals surface area contributed by atoms with Gasteiger partial charge in [-0.15, -0.1) is 0 Å². The van der Waals surface area contributed by atoms with Crippen LogP contribution in [0.1, 0.15) is 22.4 Å². The van der Waals surface area contributed by atoms with Crippen molar-refractivity contribution in [3.8, 4) is 0 Å². The van der Waals surface area contributed by atoms with Gasteiger partial charge in [-0.25, -0.2) is 9.97 Å². The van der Waals surface area contributed by atoms with Gasteiger partial charge >= 0.3 is 0 Å². The van der Waals surface area contributed by atoms with Crippen LogP contribution in [0.2, 0.25) is 0 Å². The molecule has 2 heterocycles. The van der Waals surface area contributed by atoms with Crippen LogP contribution in [0.4, 0.5) is 0 Å². The first-order valence-electron chi connectivity index (χ1n) is 5.88. The summed E-state index contributed by atoms with van der Waals surface area (Å²) >= 11 is 1.58. The third-order valence-electron chi connectivity index (χ3n) is 2.73. The minimum absolute atomic E-state index is 0.507. The Morgan fingerprint density at radius 3 is 2.67 bits per heavy atom. The van der Waals surface area contributed by atoms with E-state index in [4.69, 9.17) is 5.73 Å². The van der Waals surface area contributed by atoms with Gasteiger partial charge in [-0.1, -0.05) is 0 Å². The molecule has 2 aromatic heterocycles. The molecular formula is C14H17N3S. The monoisotopic (exact) mass is 259 g/mol. The fourth-order valence-corrected chi connectivity index (χ4v) is 2.97. The molecule has 0 amide bonds. The van der Waals surface area contributed by atoms with E-state index in [9.17, 15) is 0 Å². The lowest BCUT2D eigenvalue weighted by Gasteiger charge is -2.09. The zero-order chi connectivity index (χ0) is 13.1. The Hall–Kier alpha value is -1.39. The lowest BCUT2D eigenvalue weighted by atomic mass is 10.2. The Morgan fingerprint density at radius 2 is 2.00 bits per heavy atom. The van der Waals surface area contributed by atoms with E-state index in [0.717, 1.165) is 21.3 Å². The quantitative estimate of drug-likeness (QED) is 0.920. The van der Waals surface area contributed by atoms with Crippen molar-refractivity contribution in [2.24, 2.45) is 5.73 Å². The van der Waals surface area contributed by atoms with Crippen LogP contribution >= 0.6 is 11.8 Å². The largest absolute Gasteiger partial charge is 0.326 e. The predicted molar refractivity (Wildman–Crippen MR) is 74.7 cm³/mol. The molecule has 0 aliphatic rings. The van der Waals surface area contributed by atoms with Gasteiger partial charge in [-0.2, -0.15) is 0 Å². The molecule has 2 rings (SSSR count). The Kier molecular flexibility index (Phi) is 3.99. The van der Waals surface area contributed by atoms with Gasteiger partial charge in [0.15, 0.2) is 0 Å². The second-order valence-electron chi connectivity index (χ2n) is 4.34. The van der Waals surface area contributed by atoms with E-state index in [1.807, 2.05) is 19.2 Å². The van der Waals surface area contributed by atoms with Crippen LogP contribution in [0.15, 0.2) is 34.4 Å². The van der Waals surface area contributed by atoms with E-state index in [2.05, 4.69) is 35.9 Å². The topological polar surface area (TPSA) is 51.8 Å². The average Bonchev–Trinajstić information content (AvgIpc) is 2.27. The van der Waals surface area contributed by atoms with Crippen molar-refractivity contribution in [2.45, 2.75) is 37.4 Å². The molecule has 0 unspecified atom stereocenters. The minimum Gasteiger partial charge on any atom is -0.326 e. The molecule has 0 spiro atoms. The zero-order valence-corrected chi connectivity index (χ0v) is 11.7. The van der Waals surface area contributed by atoms with Gasteiger partial charge in [0.2, 0.25) is 0 Å². The molecule has 0 saturated carbocycles. The summed E-state index contributed by atoms with van der Waals surface area (Å²) in [5, 5.41) is 1.93. The van der Waals surface area contributed by atoms with Crippen molar-refractivity contribution in [3.05, 3.63) is 46.8 Å². The highest BCUT2D eigenvalue weighted by Crippen LogP contribution is 2.29. The summed E-state index contributed by atoms with van der Waals surface area (Å²) in [7, 11) is 0. The summed E-state index contributed by atoms with van der Waals surface area (Å²) in [6.45, 7) is 6.65. The van der Waals surface area contributed by atoms with Crippen LogP contribution in [0.3, 0.4) is 0 Å². The van der Waals surface area contributed by atoms with Crippen molar-refractivity contribution in [2.75, 3.05) is 0 Å². The number of nitrogens with zero attached hydrogens (tertiary/aromatic N) is 2. The lowest BCUT2D eigenvalue weighted by Crippen LogP contribution is -2.03. The fourth-order valence-electron chi connectivity index (χ4n) is 1.86. The van der Waals surface area contributed by atoms with Crippen molar-refractivity contribution in [1.82, 2.24) is 9.97 Å². The third-order valence-corrected chi connectivity index (χ3v) is 3.69. The molecule has 3 nitrogen and oxygen atoms in total. The van der Waals surface area contributed by atoms with Crippen LogP contribution in [0, 0.1) is 20.8 Å². The molecule has 0 aliphatic carbocycles. The Labute approximate surface area is 112 Å². The van der Waals surface area contributed by atoms with Crippen LogP contribution in [0.25, 0.3) is 0 Å². The molecule has 0 fully saturated rings.